The number of benzene rings is 2. The molecule has 2 aromatic rings. The first kappa shape index (κ1) is 15.5. The van der Waals surface area contributed by atoms with Crippen LogP contribution in [0.5, 0.6) is 0 Å². The zero-order valence-corrected chi connectivity index (χ0v) is 13.1. The van der Waals surface area contributed by atoms with Crippen LogP contribution >= 0.6 is 11.6 Å². The lowest BCUT2D eigenvalue weighted by Crippen LogP contribution is -2.44. The number of carbonyl (C=O) groups excluding carboxylic acids is 2. The maximum Gasteiger partial charge on any atom is 0.247 e. The number of rotatable bonds is 2. The summed E-state index contributed by atoms with van der Waals surface area (Å²) in [7, 11) is 0. The van der Waals surface area contributed by atoms with Crippen LogP contribution in [0.4, 0.5) is 15.8 Å². The first-order valence-corrected chi connectivity index (χ1v) is 7.49. The predicted octanol–water partition coefficient (Wildman–Crippen LogP) is 3.40. The van der Waals surface area contributed by atoms with Crippen molar-refractivity contribution in [2.45, 2.75) is 19.4 Å². The average molecular weight is 333 g/mol. The van der Waals surface area contributed by atoms with Crippen LogP contribution in [0.2, 0.25) is 5.02 Å². The van der Waals surface area contributed by atoms with Crippen molar-refractivity contribution >= 4 is 34.8 Å². The molecule has 2 amide bonds. The van der Waals surface area contributed by atoms with E-state index in [1.807, 2.05) is 18.2 Å². The van der Waals surface area contributed by atoms with E-state index in [0.717, 1.165) is 17.3 Å². The van der Waals surface area contributed by atoms with Gasteiger partial charge in [0.2, 0.25) is 11.8 Å². The maximum atomic E-state index is 13.8. The van der Waals surface area contributed by atoms with Crippen molar-refractivity contribution in [2.75, 3.05) is 10.2 Å². The number of hydrogen-bond donors (Lipinski definition) is 1. The van der Waals surface area contributed by atoms with Gasteiger partial charge in [0.15, 0.2) is 0 Å². The van der Waals surface area contributed by atoms with Crippen molar-refractivity contribution in [2.24, 2.45) is 0 Å². The lowest BCUT2D eigenvalue weighted by molar-refractivity contribution is -0.122. The molecule has 1 unspecified atom stereocenters. The number of fused-ring (bicyclic) bond motifs is 1. The second-order valence-electron chi connectivity index (χ2n) is 5.35. The molecule has 0 radical (unpaired) electrons. The molecule has 6 heteroatoms. The summed E-state index contributed by atoms with van der Waals surface area (Å²) in [6.45, 7) is 1.41. The monoisotopic (exact) mass is 332 g/mol. The molecule has 1 heterocycles. The standard InChI is InChI=1S/C17H14ClFN2O2/c1-10(22)21-15-5-3-2-4-11(15)8-16(21)17(23)20-14-7-6-12(18)9-13(14)19/h2-7,9,16H,8H2,1H3,(H,20,23). The Bertz CT molecular complexity index is 794. The normalized spacial score (nSPS) is 16.1. The fourth-order valence-corrected chi connectivity index (χ4v) is 2.95. The van der Waals surface area contributed by atoms with Crippen molar-refractivity contribution in [1.82, 2.24) is 0 Å². The number of carbonyl (C=O) groups is 2. The molecule has 0 saturated heterocycles. The Labute approximate surface area is 137 Å². The molecule has 2 aromatic carbocycles. The van der Waals surface area contributed by atoms with E-state index in [0.29, 0.717) is 6.42 Å². The summed E-state index contributed by atoms with van der Waals surface area (Å²) < 4.78 is 13.8. The summed E-state index contributed by atoms with van der Waals surface area (Å²) in [5.41, 5.74) is 1.68. The van der Waals surface area contributed by atoms with Crippen LogP contribution in [0.25, 0.3) is 0 Å². The molecule has 118 valence electrons. The van der Waals surface area contributed by atoms with Gasteiger partial charge in [0.25, 0.3) is 0 Å². The molecule has 0 fully saturated rings. The molecule has 1 aliphatic heterocycles. The van der Waals surface area contributed by atoms with E-state index in [-0.39, 0.29) is 16.6 Å². The molecule has 4 nitrogen and oxygen atoms in total. The van der Waals surface area contributed by atoms with E-state index in [4.69, 9.17) is 11.6 Å². The Morgan fingerprint density at radius 1 is 1.26 bits per heavy atom. The summed E-state index contributed by atoms with van der Waals surface area (Å²) in [5.74, 6) is -1.28. The van der Waals surface area contributed by atoms with Crippen LogP contribution in [0.15, 0.2) is 42.5 Å². The molecular weight excluding hydrogens is 319 g/mol. The summed E-state index contributed by atoms with van der Waals surface area (Å²) in [4.78, 5) is 25.9. The third-order valence-corrected chi connectivity index (χ3v) is 4.04. The summed E-state index contributed by atoms with van der Waals surface area (Å²) >= 11 is 5.70. The molecule has 1 aliphatic rings. The van der Waals surface area contributed by atoms with Crippen LogP contribution in [0, 0.1) is 5.82 Å². The van der Waals surface area contributed by atoms with Crippen LogP contribution in [-0.4, -0.2) is 17.9 Å². The topological polar surface area (TPSA) is 49.4 Å². The third kappa shape index (κ3) is 2.92. The van der Waals surface area contributed by atoms with Crippen LogP contribution in [0.3, 0.4) is 0 Å². The van der Waals surface area contributed by atoms with Crippen LogP contribution in [-0.2, 0) is 16.0 Å². The van der Waals surface area contributed by atoms with E-state index < -0.39 is 17.8 Å². The van der Waals surface area contributed by atoms with Gasteiger partial charge in [0, 0.05) is 24.1 Å². The van der Waals surface area contributed by atoms with Gasteiger partial charge in [-0.05, 0) is 29.8 Å². The highest BCUT2D eigenvalue weighted by atomic mass is 35.5. The zero-order chi connectivity index (χ0) is 16.6. The van der Waals surface area contributed by atoms with Gasteiger partial charge in [-0.1, -0.05) is 29.8 Å². The number of anilines is 2. The highest BCUT2D eigenvalue weighted by Gasteiger charge is 2.36. The smallest absolute Gasteiger partial charge is 0.247 e. The number of nitrogens with zero attached hydrogens (tertiary/aromatic N) is 1. The minimum atomic E-state index is -0.694. The molecule has 0 spiro atoms. The van der Waals surface area contributed by atoms with Gasteiger partial charge < -0.3 is 5.32 Å². The Morgan fingerprint density at radius 3 is 2.70 bits per heavy atom. The highest BCUT2D eigenvalue weighted by Crippen LogP contribution is 2.32. The lowest BCUT2D eigenvalue weighted by atomic mass is 10.1. The summed E-state index contributed by atoms with van der Waals surface area (Å²) in [6.07, 6.45) is 0.400. The van der Waals surface area contributed by atoms with Crippen molar-refractivity contribution < 1.29 is 14.0 Å². The maximum absolute atomic E-state index is 13.8. The molecule has 23 heavy (non-hydrogen) atoms. The second-order valence-corrected chi connectivity index (χ2v) is 5.79. The lowest BCUT2D eigenvalue weighted by Gasteiger charge is -2.23. The minimum Gasteiger partial charge on any atom is -0.322 e. The van der Waals surface area contributed by atoms with Gasteiger partial charge in [-0.2, -0.15) is 0 Å². The van der Waals surface area contributed by atoms with Crippen molar-refractivity contribution in [3.63, 3.8) is 0 Å². The molecule has 0 saturated carbocycles. The Balaban J connectivity index is 1.86. The predicted molar refractivity (Wildman–Crippen MR) is 87.1 cm³/mol. The fraction of sp³-hybridized carbons (Fsp3) is 0.176. The van der Waals surface area contributed by atoms with Crippen molar-refractivity contribution in [1.29, 1.82) is 0 Å². The average Bonchev–Trinajstić information content (AvgIpc) is 2.89. The van der Waals surface area contributed by atoms with Crippen molar-refractivity contribution in [3.8, 4) is 0 Å². The van der Waals surface area contributed by atoms with Gasteiger partial charge >= 0.3 is 0 Å². The Kier molecular flexibility index (Phi) is 4.05. The van der Waals surface area contributed by atoms with Gasteiger partial charge in [0.05, 0.1) is 5.69 Å². The first-order valence-electron chi connectivity index (χ1n) is 7.11. The number of amides is 2. The van der Waals surface area contributed by atoms with E-state index in [1.54, 1.807) is 6.07 Å². The second kappa shape index (κ2) is 6.01. The molecule has 0 aliphatic carbocycles. The molecule has 3 rings (SSSR count). The zero-order valence-electron chi connectivity index (χ0n) is 12.3. The molecule has 0 bridgehead atoms. The van der Waals surface area contributed by atoms with Crippen molar-refractivity contribution in [3.05, 3.63) is 58.9 Å². The minimum absolute atomic E-state index is 0.0406. The van der Waals surface area contributed by atoms with E-state index in [9.17, 15) is 14.0 Å². The van der Waals surface area contributed by atoms with E-state index in [1.165, 1.54) is 24.0 Å². The quantitative estimate of drug-likeness (QED) is 0.916. The molecule has 0 aromatic heterocycles. The SMILES string of the molecule is CC(=O)N1c2ccccc2CC1C(=O)Nc1ccc(Cl)cc1F. The molecular formula is C17H14ClFN2O2. The largest absolute Gasteiger partial charge is 0.322 e. The van der Waals surface area contributed by atoms with Gasteiger partial charge in [-0.15, -0.1) is 0 Å². The highest BCUT2D eigenvalue weighted by molar-refractivity contribution is 6.30. The summed E-state index contributed by atoms with van der Waals surface area (Å²) in [5, 5.41) is 2.78. The van der Waals surface area contributed by atoms with E-state index >= 15 is 0 Å². The number of para-hydroxylation sites is 1. The number of nitrogens with one attached hydrogen (secondary N) is 1. The fourth-order valence-electron chi connectivity index (χ4n) is 2.79. The van der Waals surface area contributed by atoms with E-state index in [2.05, 4.69) is 5.32 Å². The summed E-state index contributed by atoms with van der Waals surface area (Å²) in [6, 6.07) is 10.7. The van der Waals surface area contributed by atoms with Gasteiger partial charge in [0.1, 0.15) is 11.9 Å². The number of hydrogen-bond acceptors (Lipinski definition) is 2. The Morgan fingerprint density at radius 2 is 2.00 bits per heavy atom. The molecule has 1 atom stereocenters. The third-order valence-electron chi connectivity index (χ3n) is 3.81. The number of halogens is 2. The van der Waals surface area contributed by atoms with Crippen LogP contribution < -0.4 is 10.2 Å². The molecule has 1 N–H and O–H groups in total. The van der Waals surface area contributed by atoms with Gasteiger partial charge in [-0.25, -0.2) is 4.39 Å². The Hall–Kier alpha value is -2.40. The van der Waals surface area contributed by atoms with Gasteiger partial charge in [-0.3, -0.25) is 14.5 Å². The first-order chi connectivity index (χ1) is 11.0. The van der Waals surface area contributed by atoms with Crippen LogP contribution in [0.1, 0.15) is 12.5 Å².